The van der Waals surface area contributed by atoms with Gasteiger partial charge in [0.2, 0.25) is 11.8 Å². The Labute approximate surface area is 199 Å². The zero-order valence-electron chi connectivity index (χ0n) is 17.4. The van der Waals surface area contributed by atoms with Gasteiger partial charge in [-0.05, 0) is 42.0 Å². The van der Waals surface area contributed by atoms with Crippen molar-refractivity contribution in [2.75, 3.05) is 9.80 Å². The van der Waals surface area contributed by atoms with Crippen LogP contribution in [0.15, 0.2) is 72.8 Å². The molecule has 4 aromatic rings. The van der Waals surface area contributed by atoms with E-state index < -0.39 is 0 Å². The number of benzene rings is 3. The SMILES string of the molecule is O=C(c1cccc(N2C(=O)CCC2=O)c1)N(Cc1ccccc1)c1nc2ccc(Cl)cc2s1. The van der Waals surface area contributed by atoms with Crippen molar-refractivity contribution in [3.8, 4) is 0 Å². The fourth-order valence-electron chi connectivity index (χ4n) is 3.79. The number of hydrogen-bond donors (Lipinski definition) is 0. The lowest BCUT2D eigenvalue weighted by Crippen LogP contribution is -2.31. The molecule has 0 N–H and O–H groups in total. The maximum absolute atomic E-state index is 13.7. The number of amides is 3. The third kappa shape index (κ3) is 4.25. The highest BCUT2D eigenvalue weighted by molar-refractivity contribution is 7.22. The van der Waals surface area contributed by atoms with E-state index in [0.717, 1.165) is 20.7 Å². The fraction of sp³-hybridized carbons (Fsp3) is 0.120. The summed E-state index contributed by atoms with van der Waals surface area (Å²) in [6, 6.07) is 21.7. The molecule has 2 heterocycles. The van der Waals surface area contributed by atoms with E-state index in [0.29, 0.717) is 27.9 Å². The number of carbonyl (C=O) groups excluding carboxylic acids is 3. The maximum Gasteiger partial charge on any atom is 0.260 e. The highest BCUT2D eigenvalue weighted by Gasteiger charge is 2.31. The van der Waals surface area contributed by atoms with Crippen LogP contribution >= 0.6 is 22.9 Å². The molecular weight excluding hydrogens is 458 g/mol. The molecule has 33 heavy (non-hydrogen) atoms. The van der Waals surface area contributed by atoms with Crippen molar-refractivity contribution in [2.24, 2.45) is 0 Å². The van der Waals surface area contributed by atoms with E-state index in [1.54, 1.807) is 35.2 Å². The van der Waals surface area contributed by atoms with E-state index in [-0.39, 0.29) is 30.6 Å². The minimum atomic E-state index is -0.273. The Morgan fingerprint density at radius 2 is 1.73 bits per heavy atom. The number of halogens is 1. The molecule has 0 radical (unpaired) electrons. The average Bonchev–Trinajstić information content (AvgIpc) is 3.39. The number of anilines is 2. The monoisotopic (exact) mass is 475 g/mol. The lowest BCUT2D eigenvalue weighted by atomic mass is 10.1. The van der Waals surface area contributed by atoms with Crippen LogP contribution in [0.2, 0.25) is 5.02 Å². The van der Waals surface area contributed by atoms with Crippen molar-refractivity contribution < 1.29 is 14.4 Å². The molecule has 1 aliphatic rings. The topological polar surface area (TPSA) is 70.6 Å². The van der Waals surface area contributed by atoms with Gasteiger partial charge in [-0.3, -0.25) is 24.2 Å². The quantitative estimate of drug-likeness (QED) is 0.360. The van der Waals surface area contributed by atoms with E-state index in [1.807, 2.05) is 42.5 Å². The van der Waals surface area contributed by atoms with Gasteiger partial charge in [0.1, 0.15) is 0 Å². The molecule has 1 aromatic heterocycles. The van der Waals surface area contributed by atoms with Gasteiger partial charge < -0.3 is 0 Å². The lowest BCUT2D eigenvalue weighted by Gasteiger charge is -2.21. The van der Waals surface area contributed by atoms with Crippen LogP contribution in [-0.4, -0.2) is 22.7 Å². The molecule has 1 fully saturated rings. The number of hydrogen-bond acceptors (Lipinski definition) is 5. The van der Waals surface area contributed by atoms with E-state index in [9.17, 15) is 14.4 Å². The van der Waals surface area contributed by atoms with Crippen molar-refractivity contribution in [3.05, 3.63) is 88.9 Å². The summed E-state index contributed by atoms with van der Waals surface area (Å²) in [5.41, 5.74) is 2.48. The molecule has 3 amide bonds. The summed E-state index contributed by atoms with van der Waals surface area (Å²) in [4.78, 5) is 45.5. The van der Waals surface area contributed by atoms with Crippen LogP contribution in [0.5, 0.6) is 0 Å². The maximum atomic E-state index is 13.7. The summed E-state index contributed by atoms with van der Waals surface area (Å²) in [5, 5.41) is 1.14. The summed E-state index contributed by atoms with van der Waals surface area (Å²) in [7, 11) is 0. The summed E-state index contributed by atoms with van der Waals surface area (Å²) in [6.45, 7) is 0.318. The Kier molecular flexibility index (Phi) is 5.66. The van der Waals surface area contributed by atoms with Crippen LogP contribution in [-0.2, 0) is 16.1 Å². The van der Waals surface area contributed by atoms with Crippen LogP contribution in [0.1, 0.15) is 28.8 Å². The van der Waals surface area contributed by atoms with Crippen molar-refractivity contribution in [1.29, 1.82) is 0 Å². The number of carbonyl (C=O) groups is 3. The number of nitrogens with zero attached hydrogens (tertiary/aromatic N) is 3. The minimum absolute atomic E-state index is 0.186. The van der Waals surface area contributed by atoms with E-state index in [4.69, 9.17) is 11.6 Å². The van der Waals surface area contributed by atoms with Gasteiger partial charge in [-0.2, -0.15) is 0 Å². The number of fused-ring (bicyclic) bond motifs is 1. The van der Waals surface area contributed by atoms with Crippen LogP contribution in [0.25, 0.3) is 10.2 Å². The number of imide groups is 1. The van der Waals surface area contributed by atoms with Crippen molar-refractivity contribution in [2.45, 2.75) is 19.4 Å². The summed E-state index contributed by atoms with van der Waals surface area (Å²) < 4.78 is 0.880. The Balaban J connectivity index is 1.54. The summed E-state index contributed by atoms with van der Waals surface area (Å²) >= 11 is 7.52. The Morgan fingerprint density at radius 3 is 2.48 bits per heavy atom. The van der Waals surface area contributed by atoms with Gasteiger partial charge in [0.05, 0.1) is 22.4 Å². The van der Waals surface area contributed by atoms with Crippen molar-refractivity contribution in [3.63, 3.8) is 0 Å². The molecule has 0 saturated carbocycles. The summed E-state index contributed by atoms with van der Waals surface area (Å²) in [5.74, 6) is -0.785. The normalized spacial score (nSPS) is 13.7. The second kappa shape index (κ2) is 8.77. The van der Waals surface area contributed by atoms with Gasteiger partial charge in [0.15, 0.2) is 5.13 Å². The molecule has 6 nitrogen and oxygen atoms in total. The molecule has 0 spiro atoms. The average molecular weight is 476 g/mol. The highest BCUT2D eigenvalue weighted by atomic mass is 35.5. The highest BCUT2D eigenvalue weighted by Crippen LogP contribution is 2.33. The second-order valence-electron chi connectivity index (χ2n) is 7.66. The van der Waals surface area contributed by atoms with Gasteiger partial charge in [0, 0.05) is 23.4 Å². The molecule has 0 unspecified atom stereocenters. The van der Waals surface area contributed by atoms with E-state index >= 15 is 0 Å². The summed E-state index contributed by atoms with van der Waals surface area (Å²) in [6.07, 6.45) is 0.372. The lowest BCUT2D eigenvalue weighted by molar-refractivity contribution is -0.121. The third-order valence-corrected chi connectivity index (χ3v) is 6.68. The van der Waals surface area contributed by atoms with Gasteiger partial charge in [0.25, 0.3) is 5.91 Å². The standard InChI is InChI=1S/C25H18ClN3O3S/c26-18-9-10-20-21(14-18)33-25(27-20)28(15-16-5-2-1-3-6-16)24(32)17-7-4-8-19(13-17)29-22(30)11-12-23(29)31/h1-10,13-14H,11-12,15H2. The molecule has 8 heteroatoms. The zero-order chi connectivity index (χ0) is 22.9. The Bertz CT molecular complexity index is 1370. The molecule has 1 saturated heterocycles. The molecule has 0 aliphatic carbocycles. The first-order chi connectivity index (χ1) is 16.0. The largest absolute Gasteiger partial charge is 0.279 e. The molecule has 0 atom stereocenters. The van der Waals surface area contributed by atoms with E-state index in [2.05, 4.69) is 4.98 Å². The predicted molar refractivity (Wildman–Crippen MR) is 130 cm³/mol. The van der Waals surface area contributed by atoms with Crippen LogP contribution < -0.4 is 9.80 Å². The first-order valence-electron chi connectivity index (χ1n) is 10.4. The number of thiazole rings is 1. The van der Waals surface area contributed by atoms with Crippen LogP contribution in [0, 0.1) is 0 Å². The minimum Gasteiger partial charge on any atom is -0.279 e. The van der Waals surface area contributed by atoms with Gasteiger partial charge in [-0.15, -0.1) is 0 Å². The number of rotatable bonds is 5. The molecular formula is C25H18ClN3O3S. The molecule has 3 aromatic carbocycles. The molecule has 5 rings (SSSR count). The van der Waals surface area contributed by atoms with Crippen LogP contribution in [0.4, 0.5) is 10.8 Å². The number of aromatic nitrogens is 1. The van der Waals surface area contributed by atoms with Gasteiger partial charge in [-0.1, -0.05) is 59.3 Å². The Morgan fingerprint density at radius 1 is 0.970 bits per heavy atom. The molecule has 0 bridgehead atoms. The van der Waals surface area contributed by atoms with Crippen LogP contribution in [0.3, 0.4) is 0 Å². The van der Waals surface area contributed by atoms with Crippen molar-refractivity contribution in [1.82, 2.24) is 4.98 Å². The van der Waals surface area contributed by atoms with Gasteiger partial charge in [-0.25, -0.2) is 4.98 Å². The predicted octanol–water partition coefficient (Wildman–Crippen LogP) is 5.45. The first-order valence-corrected chi connectivity index (χ1v) is 11.6. The van der Waals surface area contributed by atoms with E-state index in [1.165, 1.54) is 11.3 Å². The smallest absolute Gasteiger partial charge is 0.260 e. The van der Waals surface area contributed by atoms with Crippen molar-refractivity contribution >= 4 is 61.7 Å². The fourth-order valence-corrected chi connectivity index (χ4v) is 5.03. The molecule has 164 valence electrons. The zero-order valence-corrected chi connectivity index (χ0v) is 19.0. The second-order valence-corrected chi connectivity index (χ2v) is 9.10. The first kappa shape index (κ1) is 21.3. The Hall–Kier alpha value is -3.55. The van der Waals surface area contributed by atoms with Gasteiger partial charge >= 0.3 is 0 Å². The third-order valence-electron chi connectivity index (χ3n) is 5.40. The molecule has 1 aliphatic heterocycles.